The number of nitrogens with zero attached hydrogens (tertiary/aromatic N) is 2. The highest BCUT2D eigenvalue weighted by atomic mass is 35.5. The van der Waals surface area contributed by atoms with E-state index in [1.54, 1.807) is 13.0 Å². The molecule has 0 atom stereocenters. The van der Waals surface area contributed by atoms with Crippen molar-refractivity contribution in [1.82, 2.24) is 0 Å². The van der Waals surface area contributed by atoms with E-state index in [1.165, 1.54) is 30.5 Å². The highest BCUT2D eigenvalue weighted by Crippen LogP contribution is 2.33. The average Bonchev–Trinajstić information content (AvgIpc) is 2.52. The maximum Gasteiger partial charge on any atom is 0.146 e. The van der Waals surface area contributed by atoms with Crippen molar-refractivity contribution in [2.75, 3.05) is 5.43 Å². The Bertz CT molecular complexity index is 784. The first kappa shape index (κ1) is 19.8. The fourth-order valence-corrected chi connectivity index (χ4v) is 2.83. The molecule has 0 amide bonds. The molecule has 0 heterocycles. The summed E-state index contributed by atoms with van der Waals surface area (Å²) in [6.45, 7) is 1.57. The number of anilines is 1. The molecule has 0 spiro atoms. The van der Waals surface area contributed by atoms with Crippen LogP contribution in [0.4, 0.5) is 10.1 Å². The van der Waals surface area contributed by atoms with Gasteiger partial charge in [-0.3, -0.25) is 5.43 Å². The second-order valence-electron chi connectivity index (χ2n) is 4.82. The molecule has 0 unspecified atom stereocenters. The van der Waals surface area contributed by atoms with Gasteiger partial charge in [-0.05, 0) is 31.2 Å². The fourth-order valence-electron chi connectivity index (χ4n) is 1.71. The molecule has 1 N–H and O–H groups in total. The molecule has 0 saturated carbocycles. The third kappa shape index (κ3) is 5.75. The minimum atomic E-state index is -0.457. The van der Waals surface area contributed by atoms with Crippen LogP contribution in [0.15, 0.2) is 40.6 Å². The molecule has 0 radical (unpaired) electrons. The predicted molar refractivity (Wildman–Crippen MR) is 103 cm³/mol. The molecule has 0 aliphatic rings. The standard InChI is InChI=1S/C16H12Cl4FN3O/c1-9(23-24-16-13(19)5-10(17)6-14(16)20)7-22-25-8-11-12(18)3-2-4-15(11)21/h2-7,24H,8H2,1H3. The quantitative estimate of drug-likeness (QED) is 0.430. The highest BCUT2D eigenvalue weighted by Gasteiger charge is 2.08. The number of benzene rings is 2. The van der Waals surface area contributed by atoms with E-state index in [-0.39, 0.29) is 17.2 Å². The van der Waals surface area contributed by atoms with Crippen LogP contribution in [0.1, 0.15) is 12.5 Å². The first-order chi connectivity index (χ1) is 11.9. The van der Waals surface area contributed by atoms with Crippen molar-refractivity contribution in [3.8, 4) is 0 Å². The Kier molecular flexibility index (Phi) is 7.32. The van der Waals surface area contributed by atoms with Crippen LogP contribution in [0, 0.1) is 5.82 Å². The van der Waals surface area contributed by atoms with Crippen LogP contribution in [0.5, 0.6) is 0 Å². The lowest BCUT2D eigenvalue weighted by Gasteiger charge is -2.07. The average molecular weight is 423 g/mol. The summed E-state index contributed by atoms with van der Waals surface area (Å²) in [6.07, 6.45) is 1.35. The maximum absolute atomic E-state index is 13.6. The van der Waals surface area contributed by atoms with E-state index < -0.39 is 5.82 Å². The molecular formula is C16H12Cl4FN3O. The van der Waals surface area contributed by atoms with E-state index in [9.17, 15) is 4.39 Å². The Morgan fingerprint density at radius 2 is 1.84 bits per heavy atom. The van der Waals surface area contributed by atoms with Gasteiger partial charge in [0.1, 0.15) is 12.4 Å². The molecule has 0 aliphatic heterocycles. The van der Waals surface area contributed by atoms with Gasteiger partial charge in [-0.1, -0.05) is 57.6 Å². The number of nitrogens with one attached hydrogen (secondary N) is 1. The zero-order chi connectivity index (χ0) is 18.4. The maximum atomic E-state index is 13.6. The van der Waals surface area contributed by atoms with Gasteiger partial charge in [0.25, 0.3) is 0 Å². The van der Waals surface area contributed by atoms with Crippen LogP contribution in [-0.2, 0) is 11.4 Å². The monoisotopic (exact) mass is 421 g/mol. The second-order valence-corrected chi connectivity index (χ2v) is 6.48. The lowest BCUT2D eigenvalue weighted by Crippen LogP contribution is -2.01. The SMILES string of the molecule is CC(C=NOCc1c(F)cccc1Cl)=NNc1c(Cl)cc(Cl)cc1Cl. The zero-order valence-electron chi connectivity index (χ0n) is 12.9. The van der Waals surface area contributed by atoms with Crippen molar-refractivity contribution >= 4 is 64.0 Å². The third-order valence-corrected chi connectivity index (χ3v) is 4.10. The van der Waals surface area contributed by atoms with E-state index in [0.717, 1.165) is 0 Å². The number of rotatable bonds is 6. The largest absolute Gasteiger partial charge is 0.391 e. The smallest absolute Gasteiger partial charge is 0.146 e. The molecule has 9 heteroatoms. The summed E-state index contributed by atoms with van der Waals surface area (Å²) in [4.78, 5) is 5.03. The highest BCUT2D eigenvalue weighted by molar-refractivity contribution is 6.41. The predicted octanol–water partition coefficient (Wildman–Crippen LogP) is 6.43. The van der Waals surface area contributed by atoms with Crippen LogP contribution in [0.2, 0.25) is 20.1 Å². The number of hydrazone groups is 1. The molecule has 2 aromatic carbocycles. The summed E-state index contributed by atoms with van der Waals surface area (Å²) in [5, 5.41) is 9.11. The van der Waals surface area contributed by atoms with E-state index in [2.05, 4.69) is 15.7 Å². The second kappa shape index (κ2) is 9.25. The molecule has 25 heavy (non-hydrogen) atoms. The summed E-state index contributed by atoms with van der Waals surface area (Å²) >= 11 is 23.8. The Morgan fingerprint density at radius 3 is 2.48 bits per heavy atom. The van der Waals surface area contributed by atoms with Gasteiger partial charge in [-0.25, -0.2) is 4.39 Å². The Morgan fingerprint density at radius 1 is 1.16 bits per heavy atom. The Labute approximate surface area is 164 Å². The van der Waals surface area contributed by atoms with Gasteiger partial charge in [-0.15, -0.1) is 0 Å². The number of hydrogen-bond donors (Lipinski definition) is 1. The molecule has 0 saturated heterocycles. The van der Waals surface area contributed by atoms with Crippen molar-refractivity contribution in [2.45, 2.75) is 13.5 Å². The van der Waals surface area contributed by atoms with Crippen LogP contribution >= 0.6 is 46.4 Å². The van der Waals surface area contributed by atoms with E-state index in [1.807, 2.05) is 0 Å². The molecule has 4 nitrogen and oxygen atoms in total. The minimum Gasteiger partial charge on any atom is -0.391 e. The third-order valence-electron chi connectivity index (χ3n) is 2.94. The molecule has 0 bridgehead atoms. The van der Waals surface area contributed by atoms with E-state index in [4.69, 9.17) is 51.2 Å². The van der Waals surface area contributed by atoms with Crippen LogP contribution in [0.3, 0.4) is 0 Å². The van der Waals surface area contributed by atoms with Gasteiger partial charge in [0.2, 0.25) is 0 Å². The van der Waals surface area contributed by atoms with Gasteiger partial charge < -0.3 is 4.84 Å². The first-order valence-corrected chi connectivity index (χ1v) is 8.42. The molecule has 0 fully saturated rings. The fraction of sp³-hybridized carbons (Fsp3) is 0.125. The van der Waals surface area contributed by atoms with Crippen molar-refractivity contribution < 1.29 is 9.23 Å². The van der Waals surface area contributed by atoms with Crippen molar-refractivity contribution in [3.63, 3.8) is 0 Å². The number of hydrogen-bond acceptors (Lipinski definition) is 4. The lowest BCUT2D eigenvalue weighted by molar-refractivity contribution is 0.130. The summed E-state index contributed by atoms with van der Waals surface area (Å²) < 4.78 is 13.6. The van der Waals surface area contributed by atoms with Crippen LogP contribution < -0.4 is 5.43 Å². The molecule has 2 rings (SSSR count). The van der Waals surface area contributed by atoms with Gasteiger partial charge in [0, 0.05) is 10.6 Å². The number of halogens is 5. The number of oxime groups is 1. The van der Waals surface area contributed by atoms with E-state index in [0.29, 0.717) is 26.5 Å². The van der Waals surface area contributed by atoms with Gasteiger partial charge in [-0.2, -0.15) is 5.10 Å². The van der Waals surface area contributed by atoms with Gasteiger partial charge in [0.05, 0.1) is 32.7 Å². The van der Waals surface area contributed by atoms with Gasteiger partial charge >= 0.3 is 0 Å². The van der Waals surface area contributed by atoms with Crippen LogP contribution in [-0.4, -0.2) is 11.9 Å². The normalized spacial score (nSPS) is 11.8. The van der Waals surface area contributed by atoms with Crippen molar-refractivity contribution in [3.05, 3.63) is 61.8 Å². The first-order valence-electron chi connectivity index (χ1n) is 6.91. The Hall–Kier alpha value is -1.53. The zero-order valence-corrected chi connectivity index (χ0v) is 15.9. The van der Waals surface area contributed by atoms with Crippen molar-refractivity contribution in [1.29, 1.82) is 0 Å². The molecule has 132 valence electrons. The van der Waals surface area contributed by atoms with E-state index >= 15 is 0 Å². The molecule has 0 aromatic heterocycles. The minimum absolute atomic E-state index is 0.0996. The molecule has 0 aliphatic carbocycles. The summed E-state index contributed by atoms with van der Waals surface area (Å²) in [5.41, 5.74) is 3.84. The summed E-state index contributed by atoms with van der Waals surface area (Å²) in [6, 6.07) is 7.46. The molecule has 2 aromatic rings. The summed E-state index contributed by atoms with van der Waals surface area (Å²) in [5.74, 6) is -0.457. The van der Waals surface area contributed by atoms with Crippen LogP contribution in [0.25, 0.3) is 0 Å². The Balaban J connectivity index is 1.94. The van der Waals surface area contributed by atoms with Gasteiger partial charge in [0.15, 0.2) is 0 Å². The van der Waals surface area contributed by atoms with Crippen molar-refractivity contribution in [2.24, 2.45) is 10.3 Å². The molecular weight excluding hydrogens is 411 g/mol. The summed E-state index contributed by atoms with van der Waals surface area (Å²) in [7, 11) is 0. The topological polar surface area (TPSA) is 46.0 Å². The lowest BCUT2D eigenvalue weighted by atomic mass is 10.2.